The molecule has 1 aromatic carbocycles. The van der Waals surface area contributed by atoms with E-state index in [0.717, 1.165) is 12.8 Å². The molecule has 2 fully saturated rings. The highest BCUT2D eigenvalue weighted by Crippen LogP contribution is 2.35. The van der Waals surface area contributed by atoms with Gasteiger partial charge < -0.3 is 24.8 Å². The minimum Gasteiger partial charge on any atom is -0.497 e. The Kier molecular flexibility index (Phi) is 7.33. The van der Waals surface area contributed by atoms with Gasteiger partial charge in [0, 0.05) is 30.3 Å². The van der Waals surface area contributed by atoms with Crippen LogP contribution in [0.3, 0.4) is 0 Å². The lowest BCUT2D eigenvalue weighted by Crippen LogP contribution is -2.49. The zero-order valence-electron chi connectivity index (χ0n) is 21.9. The molecule has 38 heavy (non-hydrogen) atoms. The Morgan fingerprint density at radius 1 is 1.16 bits per heavy atom. The molecule has 1 saturated carbocycles. The summed E-state index contributed by atoms with van der Waals surface area (Å²) in [6.07, 6.45) is 7.43. The van der Waals surface area contributed by atoms with E-state index in [-0.39, 0.29) is 29.7 Å². The van der Waals surface area contributed by atoms with E-state index in [9.17, 15) is 9.59 Å². The molecule has 0 spiro atoms. The van der Waals surface area contributed by atoms with Gasteiger partial charge in [-0.1, -0.05) is 19.4 Å². The van der Waals surface area contributed by atoms with Crippen molar-refractivity contribution in [1.29, 1.82) is 0 Å². The zero-order valence-corrected chi connectivity index (χ0v) is 21.9. The highest BCUT2D eigenvalue weighted by atomic mass is 16.5. The van der Waals surface area contributed by atoms with Crippen molar-refractivity contribution in [1.82, 2.24) is 19.9 Å². The quantitative estimate of drug-likeness (QED) is 0.436. The molecule has 5 rings (SSSR count). The Bertz CT molecular complexity index is 1390. The highest BCUT2D eigenvalue weighted by molar-refractivity contribution is 5.87. The number of anilines is 1. The van der Waals surface area contributed by atoms with Crippen molar-refractivity contribution < 1.29 is 19.0 Å². The fourth-order valence-electron chi connectivity index (χ4n) is 5.56. The van der Waals surface area contributed by atoms with Gasteiger partial charge in [0.2, 0.25) is 11.9 Å². The predicted octanol–water partition coefficient (Wildman–Crippen LogP) is 3.05. The number of rotatable bonds is 8. The molecule has 2 aromatic heterocycles. The van der Waals surface area contributed by atoms with Crippen molar-refractivity contribution in [3.8, 4) is 22.6 Å². The second-order valence-electron chi connectivity index (χ2n) is 9.83. The summed E-state index contributed by atoms with van der Waals surface area (Å²) in [7, 11) is 4.83. The van der Waals surface area contributed by atoms with E-state index in [1.165, 1.54) is 23.5 Å². The van der Waals surface area contributed by atoms with Crippen LogP contribution in [0.4, 0.5) is 5.95 Å². The van der Waals surface area contributed by atoms with Gasteiger partial charge in [0.1, 0.15) is 17.1 Å². The first-order valence-electron chi connectivity index (χ1n) is 12.8. The topological polar surface area (TPSA) is 117 Å². The normalized spacial score (nSPS) is 21.4. The largest absolute Gasteiger partial charge is 0.497 e. The summed E-state index contributed by atoms with van der Waals surface area (Å²) >= 11 is 0. The number of hydrogen-bond acceptors (Lipinski definition) is 8. The number of carbonyl (C=O) groups is 1. The highest BCUT2D eigenvalue weighted by Gasteiger charge is 2.43. The van der Waals surface area contributed by atoms with Gasteiger partial charge >= 0.3 is 0 Å². The Balaban J connectivity index is 1.49. The molecule has 1 unspecified atom stereocenters. The lowest BCUT2D eigenvalue weighted by Gasteiger charge is -2.28. The van der Waals surface area contributed by atoms with Crippen LogP contribution in [0, 0.1) is 5.92 Å². The number of benzene rings is 1. The molecule has 3 heterocycles. The summed E-state index contributed by atoms with van der Waals surface area (Å²) in [5.74, 6) is 1.71. The maximum atomic E-state index is 13.4. The molecule has 2 aliphatic rings. The summed E-state index contributed by atoms with van der Waals surface area (Å²) in [4.78, 5) is 34.7. The first kappa shape index (κ1) is 25.7. The predicted molar refractivity (Wildman–Crippen MR) is 145 cm³/mol. The van der Waals surface area contributed by atoms with Gasteiger partial charge in [-0.25, -0.2) is 4.98 Å². The number of nitrogens with one attached hydrogen (secondary N) is 2. The molecular formula is C28H33N5O5. The number of carbonyl (C=O) groups excluding carboxylic acids is 1. The number of aryl methyl sites for hydroxylation is 1. The molecule has 0 bridgehead atoms. The van der Waals surface area contributed by atoms with Crippen LogP contribution in [0.2, 0.25) is 0 Å². The van der Waals surface area contributed by atoms with E-state index < -0.39 is 0 Å². The van der Waals surface area contributed by atoms with E-state index in [1.54, 1.807) is 51.7 Å². The number of fused-ring (bicyclic) bond motifs is 1. The number of pyridine rings is 1. The SMILES string of the molecule is C=CC(=O)N[C@H]1COC(C2CCCC2)[C@H]1Nc1ncc2cc(-c3cc(OC)cc(OC)c3)c(=O)n(C)c2n1. The van der Waals surface area contributed by atoms with Crippen molar-refractivity contribution in [2.24, 2.45) is 13.0 Å². The molecule has 10 heteroatoms. The average molecular weight is 520 g/mol. The van der Waals surface area contributed by atoms with Crippen LogP contribution >= 0.6 is 0 Å². The van der Waals surface area contributed by atoms with Crippen LogP contribution in [-0.4, -0.2) is 59.5 Å². The Labute approximate surface area is 221 Å². The Hall–Kier alpha value is -3.92. The van der Waals surface area contributed by atoms with Crippen molar-refractivity contribution in [3.63, 3.8) is 0 Å². The van der Waals surface area contributed by atoms with Crippen molar-refractivity contribution in [2.45, 2.75) is 43.9 Å². The third-order valence-electron chi connectivity index (χ3n) is 7.54. The minimum absolute atomic E-state index is 0.0684. The average Bonchev–Trinajstić information content (AvgIpc) is 3.61. The number of amides is 1. The molecule has 0 radical (unpaired) electrons. The number of nitrogens with zero attached hydrogens (tertiary/aromatic N) is 3. The van der Waals surface area contributed by atoms with E-state index >= 15 is 0 Å². The lowest BCUT2D eigenvalue weighted by atomic mass is 9.92. The molecule has 10 nitrogen and oxygen atoms in total. The first-order valence-corrected chi connectivity index (χ1v) is 12.8. The van der Waals surface area contributed by atoms with Crippen LogP contribution in [0.25, 0.3) is 22.2 Å². The summed E-state index contributed by atoms with van der Waals surface area (Å²) in [6.45, 7) is 3.96. The van der Waals surface area contributed by atoms with E-state index in [1.807, 2.05) is 0 Å². The molecule has 2 N–H and O–H groups in total. The Morgan fingerprint density at radius 2 is 1.87 bits per heavy atom. The van der Waals surface area contributed by atoms with Crippen LogP contribution in [0.1, 0.15) is 25.7 Å². The van der Waals surface area contributed by atoms with Crippen LogP contribution in [0.5, 0.6) is 11.5 Å². The third-order valence-corrected chi connectivity index (χ3v) is 7.54. The standard InChI is InChI=1S/C28H33N5O5/c1-5-23(34)30-22-15-38-25(16-8-6-7-9-16)24(22)31-28-29-14-18-12-21(27(35)33(2)26(18)32-28)17-10-19(36-3)13-20(11-17)37-4/h5,10-14,16,22,24-25H,1,6-9,15H2,2-4H3,(H,30,34)(H,29,31,32)/t22-,24-,25?/m0/s1. The molecule has 1 aliphatic heterocycles. The third kappa shape index (κ3) is 4.96. The van der Waals surface area contributed by atoms with Gasteiger partial charge in [-0.2, -0.15) is 4.98 Å². The number of hydrogen-bond donors (Lipinski definition) is 2. The van der Waals surface area contributed by atoms with Gasteiger partial charge in [0.05, 0.1) is 39.0 Å². The van der Waals surface area contributed by atoms with E-state index in [0.29, 0.717) is 52.1 Å². The molecule has 200 valence electrons. The summed E-state index contributed by atoms with van der Waals surface area (Å²) < 4.78 is 18.4. The van der Waals surface area contributed by atoms with E-state index in [4.69, 9.17) is 19.2 Å². The fraction of sp³-hybridized carbons (Fsp3) is 0.429. The van der Waals surface area contributed by atoms with Gasteiger partial charge in [0.15, 0.2) is 0 Å². The second-order valence-corrected chi connectivity index (χ2v) is 9.83. The maximum Gasteiger partial charge on any atom is 0.259 e. The summed E-state index contributed by atoms with van der Waals surface area (Å²) in [5, 5.41) is 7.11. The first-order chi connectivity index (χ1) is 18.4. The van der Waals surface area contributed by atoms with Crippen molar-refractivity contribution >= 4 is 22.9 Å². The van der Waals surface area contributed by atoms with Crippen LogP contribution in [-0.2, 0) is 16.6 Å². The van der Waals surface area contributed by atoms with Crippen molar-refractivity contribution in [3.05, 3.63) is 53.5 Å². The van der Waals surface area contributed by atoms with Gasteiger partial charge in [0.25, 0.3) is 5.56 Å². The van der Waals surface area contributed by atoms with Crippen LogP contribution < -0.4 is 25.7 Å². The molecule has 1 saturated heterocycles. The fourth-order valence-corrected chi connectivity index (χ4v) is 5.56. The molecule has 3 atom stereocenters. The molecule has 3 aromatic rings. The second kappa shape index (κ2) is 10.8. The van der Waals surface area contributed by atoms with Gasteiger partial charge in [-0.15, -0.1) is 0 Å². The number of aromatic nitrogens is 3. The van der Waals surface area contributed by atoms with Crippen LogP contribution in [0.15, 0.2) is 47.9 Å². The van der Waals surface area contributed by atoms with Gasteiger partial charge in [-0.3, -0.25) is 14.2 Å². The Morgan fingerprint density at radius 3 is 2.53 bits per heavy atom. The minimum atomic E-state index is -0.250. The smallest absolute Gasteiger partial charge is 0.259 e. The number of methoxy groups -OCH3 is 2. The maximum absolute atomic E-state index is 13.4. The van der Waals surface area contributed by atoms with Crippen molar-refractivity contribution in [2.75, 3.05) is 26.1 Å². The molecular weight excluding hydrogens is 486 g/mol. The lowest BCUT2D eigenvalue weighted by molar-refractivity contribution is -0.117. The van der Waals surface area contributed by atoms with E-state index in [2.05, 4.69) is 22.2 Å². The summed E-state index contributed by atoms with van der Waals surface area (Å²) in [6, 6.07) is 6.67. The summed E-state index contributed by atoms with van der Waals surface area (Å²) in [5.41, 5.74) is 1.45. The van der Waals surface area contributed by atoms with Gasteiger partial charge in [-0.05, 0) is 48.6 Å². The zero-order chi connectivity index (χ0) is 26.8. The number of ether oxygens (including phenoxy) is 3. The molecule has 1 amide bonds. The monoisotopic (exact) mass is 519 g/mol. The molecule has 1 aliphatic carbocycles.